The van der Waals surface area contributed by atoms with Gasteiger partial charge in [-0.1, -0.05) is 0 Å². The molecule has 15 heavy (non-hydrogen) atoms. The SMILES string of the molecule is Cc1coc2cc([N+](=O)[O-])ccc2c1=O. The van der Waals surface area contributed by atoms with Gasteiger partial charge in [0.05, 0.1) is 22.6 Å². The Morgan fingerprint density at radius 3 is 2.80 bits per heavy atom. The summed E-state index contributed by atoms with van der Waals surface area (Å²) in [6.45, 7) is 1.63. The second kappa shape index (κ2) is 3.20. The zero-order valence-corrected chi connectivity index (χ0v) is 7.89. The Balaban J connectivity index is 2.81. The van der Waals surface area contributed by atoms with Crippen LogP contribution >= 0.6 is 0 Å². The first kappa shape index (κ1) is 9.39. The molecule has 0 aliphatic carbocycles. The molecule has 0 spiro atoms. The van der Waals surface area contributed by atoms with Gasteiger partial charge in [-0.15, -0.1) is 0 Å². The number of benzene rings is 1. The molecular formula is C10H7NO4. The van der Waals surface area contributed by atoms with E-state index >= 15 is 0 Å². The molecule has 2 aromatic rings. The molecule has 2 rings (SSSR count). The molecule has 1 aromatic heterocycles. The van der Waals surface area contributed by atoms with Crippen LogP contribution in [0.3, 0.4) is 0 Å². The third-order valence-electron chi connectivity index (χ3n) is 2.14. The molecule has 0 saturated carbocycles. The molecule has 5 heteroatoms. The fourth-order valence-corrected chi connectivity index (χ4v) is 1.33. The van der Waals surface area contributed by atoms with Crippen molar-refractivity contribution in [1.29, 1.82) is 0 Å². The van der Waals surface area contributed by atoms with Gasteiger partial charge in [-0.05, 0) is 13.0 Å². The maximum atomic E-state index is 11.6. The summed E-state index contributed by atoms with van der Waals surface area (Å²) >= 11 is 0. The maximum Gasteiger partial charge on any atom is 0.273 e. The molecule has 0 N–H and O–H groups in total. The molecule has 76 valence electrons. The van der Waals surface area contributed by atoms with Crippen molar-refractivity contribution in [3.05, 3.63) is 50.4 Å². The molecule has 0 aliphatic heterocycles. The van der Waals surface area contributed by atoms with E-state index in [9.17, 15) is 14.9 Å². The second-order valence-electron chi connectivity index (χ2n) is 3.19. The number of nitro benzene ring substituents is 1. The molecule has 5 nitrogen and oxygen atoms in total. The zero-order valence-electron chi connectivity index (χ0n) is 7.89. The molecule has 1 aromatic carbocycles. The number of hydrogen-bond donors (Lipinski definition) is 0. The van der Waals surface area contributed by atoms with Crippen LogP contribution in [0, 0.1) is 17.0 Å². The van der Waals surface area contributed by atoms with E-state index < -0.39 is 4.92 Å². The van der Waals surface area contributed by atoms with Gasteiger partial charge in [-0.25, -0.2) is 0 Å². The van der Waals surface area contributed by atoms with Gasteiger partial charge >= 0.3 is 0 Å². The number of nitro groups is 1. The Kier molecular flexibility index (Phi) is 2.00. The minimum Gasteiger partial charge on any atom is -0.464 e. The molecule has 0 radical (unpaired) electrons. The summed E-state index contributed by atoms with van der Waals surface area (Å²) in [5.74, 6) is 0. The highest BCUT2D eigenvalue weighted by Crippen LogP contribution is 2.18. The van der Waals surface area contributed by atoms with E-state index in [4.69, 9.17) is 4.42 Å². The lowest BCUT2D eigenvalue weighted by atomic mass is 10.2. The van der Waals surface area contributed by atoms with Gasteiger partial charge in [0.15, 0.2) is 5.43 Å². The molecular weight excluding hydrogens is 198 g/mol. The standard InChI is InChI=1S/C10H7NO4/c1-6-5-15-9-4-7(11(13)14)2-3-8(9)10(6)12/h2-5H,1H3. The molecule has 0 atom stereocenters. The summed E-state index contributed by atoms with van der Waals surface area (Å²) in [7, 11) is 0. The van der Waals surface area contributed by atoms with E-state index in [-0.39, 0.29) is 16.7 Å². The Hall–Kier alpha value is -2.17. The fourth-order valence-electron chi connectivity index (χ4n) is 1.33. The van der Waals surface area contributed by atoms with E-state index in [2.05, 4.69) is 0 Å². The van der Waals surface area contributed by atoms with E-state index in [0.717, 1.165) is 0 Å². The van der Waals surface area contributed by atoms with Crippen molar-refractivity contribution in [2.24, 2.45) is 0 Å². The summed E-state index contributed by atoms with van der Waals surface area (Å²) in [6.07, 6.45) is 1.30. The third-order valence-corrected chi connectivity index (χ3v) is 2.14. The normalized spacial score (nSPS) is 10.5. The van der Waals surface area contributed by atoms with E-state index in [1.165, 1.54) is 24.5 Å². The number of fused-ring (bicyclic) bond motifs is 1. The number of non-ortho nitro benzene ring substituents is 1. The van der Waals surface area contributed by atoms with Crippen LogP contribution in [0.5, 0.6) is 0 Å². The highest BCUT2D eigenvalue weighted by molar-refractivity contribution is 5.79. The van der Waals surface area contributed by atoms with Crippen molar-refractivity contribution >= 4 is 16.7 Å². The molecule has 0 amide bonds. The monoisotopic (exact) mass is 205 g/mol. The van der Waals surface area contributed by atoms with Crippen molar-refractivity contribution in [1.82, 2.24) is 0 Å². The first-order valence-electron chi connectivity index (χ1n) is 4.26. The van der Waals surface area contributed by atoms with E-state index in [1.54, 1.807) is 6.92 Å². The van der Waals surface area contributed by atoms with Gasteiger partial charge in [0.1, 0.15) is 5.58 Å². The first-order chi connectivity index (χ1) is 7.09. The van der Waals surface area contributed by atoms with Crippen LogP contribution in [0.2, 0.25) is 0 Å². The lowest BCUT2D eigenvalue weighted by molar-refractivity contribution is -0.384. The van der Waals surface area contributed by atoms with Crippen LogP contribution in [0.4, 0.5) is 5.69 Å². The molecule has 0 aliphatic rings. The predicted molar refractivity (Wildman–Crippen MR) is 53.9 cm³/mol. The Morgan fingerprint density at radius 2 is 2.13 bits per heavy atom. The maximum absolute atomic E-state index is 11.6. The van der Waals surface area contributed by atoms with Gasteiger partial charge in [0.2, 0.25) is 0 Å². The highest BCUT2D eigenvalue weighted by atomic mass is 16.6. The summed E-state index contributed by atoms with van der Waals surface area (Å²) in [4.78, 5) is 21.5. The van der Waals surface area contributed by atoms with Crippen molar-refractivity contribution < 1.29 is 9.34 Å². The molecule has 0 saturated heterocycles. The quantitative estimate of drug-likeness (QED) is 0.527. The summed E-state index contributed by atoms with van der Waals surface area (Å²) in [5, 5.41) is 10.8. The van der Waals surface area contributed by atoms with Crippen LogP contribution < -0.4 is 5.43 Å². The lowest BCUT2D eigenvalue weighted by Crippen LogP contribution is -2.04. The Morgan fingerprint density at radius 1 is 1.40 bits per heavy atom. The molecule has 0 unspecified atom stereocenters. The van der Waals surface area contributed by atoms with Crippen LogP contribution in [0.1, 0.15) is 5.56 Å². The van der Waals surface area contributed by atoms with E-state index in [0.29, 0.717) is 10.9 Å². The second-order valence-corrected chi connectivity index (χ2v) is 3.19. The largest absolute Gasteiger partial charge is 0.464 e. The minimum atomic E-state index is -0.528. The van der Waals surface area contributed by atoms with Crippen molar-refractivity contribution in [3.63, 3.8) is 0 Å². The van der Waals surface area contributed by atoms with Crippen LogP contribution in [0.15, 0.2) is 33.7 Å². The average molecular weight is 205 g/mol. The molecule has 0 bridgehead atoms. The van der Waals surface area contributed by atoms with Crippen molar-refractivity contribution in [3.8, 4) is 0 Å². The van der Waals surface area contributed by atoms with Crippen molar-refractivity contribution in [2.45, 2.75) is 6.92 Å². The third kappa shape index (κ3) is 1.48. The predicted octanol–water partition coefficient (Wildman–Crippen LogP) is 2.01. The number of hydrogen-bond acceptors (Lipinski definition) is 4. The van der Waals surface area contributed by atoms with Crippen LogP contribution in [-0.4, -0.2) is 4.92 Å². The lowest BCUT2D eigenvalue weighted by Gasteiger charge is -1.97. The van der Waals surface area contributed by atoms with Gasteiger partial charge in [0, 0.05) is 11.6 Å². The van der Waals surface area contributed by atoms with Gasteiger partial charge in [0.25, 0.3) is 5.69 Å². The zero-order chi connectivity index (χ0) is 11.0. The van der Waals surface area contributed by atoms with Crippen LogP contribution in [0.25, 0.3) is 11.0 Å². The van der Waals surface area contributed by atoms with Crippen LogP contribution in [-0.2, 0) is 0 Å². The highest BCUT2D eigenvalue weighted by Gasteiger charge is 2.09. The number of nitrogens with zero attached hydrogens (tertiary/aromatic N) is 1. The average Bonchev–Trinajstić information content (AvgIpc) is 2.23. The fraction of sp³-hybridized carbons (Fsp3) is 0.100. The Bertz CT molecular complexity index is 600. The van der Waals surface area contributed by atoms with Gasteiger partial charge in [-0.3, -0.25) is 14.9 Å². The van der Waals surface area contributed by atoms with Gasteiger partial charge < -0.3 is 4.42 Å². The van der Waals surface area contributed by atoms with E-state index in [1.807, 2.05) is 0 Å². The summed E-state index contributed by atoms with van der Waals surface area (Å²) in [5.41, 5.74) is 0.469. The first-order valence-corrected chi connectivity index (χ1v) is 4.26. The topological polar surface area (TPSA) is 73.3 Å². The number of aryl methyl sites for hydroxylation is 1. The molecule has 1 heterocycles. The molecule has 0 fully saturated rings. The summed E-state index contributed by atoms with van der Waals surface area (Å²) < 4.78 is 5.11. The minimum absolute atomic E-state index is 0.0884. The summed E-state index contributed by atoms with van der Waals surface area (Å²) in [6, 6.07) is 3.95. The van der Waals surface area contributed by atoms with Crippen molar-refractivity contribution in [2.75, 3.05) is 0 Å². The van der Waals surface area contributed by atoms with Gasteiger partial charge in [-0.2, -0.15) is 0 Å². The number of rotatable bonds is 1. The smallest absolute Gasteiger partial charge is 0.273 e. The Labute approximate surface area is 84.1 Å².